The van der Waals surface area contributed by atoms with Crippen LogP contribution in [0, 0.1) is 0 Å². The van der Waals surface area contributed by atoms with E-state index in [1.807, 2.05) is 0 Å². The molecule has 0 atom stereocenters. The highest BCUT2D eigenvalue weighted by Gasteiger charge is 2.73. The fourth-order valence-corrected chi connectivity index (χ4v) is 7.27. The maximum atomic E-state index is 15.1. The number of imide groups is 2. The maximum absolute atomic E-state index is 15.1. The second-order valence-electron chi connectivity index (χ2n) is 15.0. The minimum atomic E-state index is -6.28. The molecule has 6 rings (SSSR count). The van der Waals surface area contributed by atoms with E-state index in [0.717, 1.165) is 6.07 Å². The molecule has 0 fully saturated rings. The van der Waals surface area contributed by atoms with Gasteiger partial charge in [-0.1, -0.05) is 51.1 Å². The quantitative estimate of drug-likeness (QED) is 0.148. The number of alkyl halides is 12. The van der Waals surface area contributed by atoms with E-state index in [0.29, 0.717) is 41.3 Å². The Balaban J connectivity index is 1.50. The molecule has 0 N–H and O–H groups in total. The average Bonchev–Trinajstić information content (AvgIpc) is 3.48. The number of benzene rings is 4. The molecular formula is C40H28F12N2O4. The first kappa shape index (κ1) is 41.9. The van der Waals surface area contributed by atoms with Crippen LogP contribution in [-0.4, -0.2) is 46.9 Å². The van der Waals surface area contributed by atoms with Crippen LogP contribution >= 0.6 is 0 Å². The van der Waals surface area contributed by atoms with E-state index in [1.165, 1.54) is 19.9 Å². The fraction of sp³-hybridized carbons (Fsp3) is 0.300. The largest absolute Gasteiger partial charge is 0.417 e. The van der Waals surface area contributed by atoms with E-state index in [-0.39, 0.29) is 34.7 Å². The number of halogens is 12. The topological polar surface area (TPSA) is 74.8 Å². The number of fused-ring (bicyclic) bond motifs is 2. The molecule has 58 heavy (non-hydrogen) atoms. The van der Waals surface area contributed by atoms with Gasteiger partial charge in [0.05, 0.1) is 39.1 Å². The van der Waals surface area contributed by atoms with Crippen molar-refractivity contribution in [3.8, 4) is 11.1 Å². The van der Waals surface area contributed by atoms with Gasteiger partial charge in [0.2, 0.25) is 5.41 Å². The maximum Gasteiger partial charge on any atom is 0.417 e. The molecule has 18 heteroatoms. The molecule has 4 aromatic rings. The van der Waals surface area contributed by atoms with E-state index in [4.69, 9.17) is 0 Å². The summed E-state index contributed by atoms with van der Waals surface area (Å²) >= 11 is 0. The van der Waals surface area contributed by atoms with E-state index in [9.17, 15) is 45.5 Å². The Morgan fingerprint density at radius 1 is 0.448 bits per heavy atom. The molecular weight excluding hydrogens is 800 g/mol. The first-order valence-corrected chi connectivity index (χ1v) is 17.1. The zero-order valence-electron chi connectivity index (χ0n) is 30.6. The normalized spacial score (nSPS) is 15.6. The smallest absolute Gasteiger partial charge is 0.272 e. The molecule has 0 bridgehead atoms. The summed E-state index contributed by atoms with van der Waals surface area (Å²) in [6, 6.07) is 5.38. The summed E-state index contributed by atoms with van der Waals surface area (Å²) in [4.78, 5) is 53.7. The summed E-state index contributed by atoms with van der Waals surface area (Å²) in [6.45, 7) is 7.51. The third kappa shape index (κ3) is 6.40. The van der Waals surface area contributed by atoms with Gasteiger partial charge in [-0.15, -0.1) is 0 Å². The Morgan fingerprint density at radius 3 is 1.28 bits per heavy atom. The van der Waals surface area contributed by atoms with Crippen LogP contribution < -0.4 is 4.90 Å². The van der Waals surface area contributed by atoms with E-state index in [1.54, 1.807) is 20.8 Å². The van der Waals surface area contributed by atoms with Gasteiger partial charge < -0.3 is 0 Å². The molecule has 0 aliphatic carbocycles. The molecule has 0 aromatic heterocycles. The van der Waals surface area contributed by atoms with Crippen LogP contribution in [0.4, 0.5) is 58.4 Å². The molecule has 0 spiro atoms. The third-order valence-electron chi connectivity index (χ3n) is 10.1. The van der Waals surface area contributed by atoms with Crippen molar-refractivity contribution in [3.63, 3.8) is 0 Å². The van der Waals surface area contributed by atoms with Crippen molar-refractivity contribution >= 4 is 29.3 Å². The summed E-state index contributed by atoms with van der Waals surface area (Å²) < 4.78 is 177. The van der Waals surface area contributed by atoms with Crippen LogP contribution in [-0.2, 0) is 23.2 Å². The molecule has 0 unspecified atom stereocenters. The molecule has 2 aliphatic heterocycles. The molecule has 2 aliphatic rings. The third-order valence-corrected chi connectivity index (χ3v) is 10.1. The zero-order chi connectivity index (χ0) is 43.5. The van der Waals surface area contributed by atoms with Crippen molar-refractivity contribution in [3.05, 3.63) is 123 Å². The molecule has 4 amide bonds. The van der Waals surface area contributed by atoms with Crippen LogP contribution in [0.15, 0.2) is 72.8 Å². The number of carbonyl (C=O) groups is 4. The number of hydrogen-bond donors (Lipinski definition) is 0. The Hall–Kier alpha value is -5.68. The van der Waals surface area contributed by atoms with E-state index >= 15 is 26.3 Å². The number of rotatable bonds is 5. The first-order chi connectivity index (χ1) is 26.4. The lowest BCUT2D eigenvalue weighted by Crippen LogP contribution is -2.55. The van der Waals surface area contributed by atoms with Gasteiger partial charge in [-0.3, -0.25) is 24.1 Å². The van der Waals surface area contributed by atoms with Gasteiger partial charge in [0.1, 0.15) is 0 Å². The summed E-state index contributed by atoms with van der Waals surface area (Å²) in [5.41, 5.74) is -18.1. The molecule has 0 saturated carbocycles. The fourth-order valence-electron chi connectivity index (χ4n) is 7.27. The number of nitrogens with zero attached hydrogens (tertiary/aromatic N) is 2. The predicted octanol–water partition coefficient (Wildman–Crippen LogP) is 10.9. The van der Waals surface area contributed by atoms with Crippen molar-refractivity contribution in [2.45, 2.75) is 76.2 Å². The predicted molar refractivity (Wildman–Crippen MR) is 183 cm³/mol. The lowest BCUT2D eigenvalue weighted by molar-refractivity contribution is -0.288. The summed E-state index contributed by atoms with van der Waals surface area (Å²) in [6.07, 6.45) is -23.1. The molecule has 2 heterocycles. The van der Waals surface area contributed by atoms with Gasteiger partial charge in [0, 0.05) is 6.04 Å². The monoisotopic (exact) mass is 828 g/mol. The summed E-state index contributed by atoms with van der Waals surface area (Å²) in [5.74, 6) is -5.23. The number of carbonyl (C=O) groups excluding carboxylic acids is 4. The molecule has 0 radical (unpaired) electrons. The van der Waals surface area contributed by atoms with Gasteiger partial charge in [-0.05, 0) is 89.5 Å². The number of anilines is 1. The highest BCUT2D eigenvalue weighted by Crippen LogP contribution is 2.57. The van der Waals surface area contributed by atoms with Crippen molar-refractivity contribution in [2.24, 2.45) is 0 Å². The summed E-state index contributed by atoms with van der Waals surface area (Å²) in [7, 11) is 0. The average molecular weight is 829 g/mol. The second kappa shape index (κ2) is 13.2. The molecule has 306 valence electrons. The molecule has 0 saturated heterocycles. The van der Waals surface area contributed by atoms with Crippen molar-refractivity contribution in [1.82, 2.24) is 4.90 Å². The van der Waals surface area contributed by atoms with Crippen LogP contribution in [0.25, 0.3) is 11.1 Å². The number of amides is 4. The van der Waals surface area contributed by atoms with E-state index < -0.39 is 127 Å². The Labute approximate surface area is 321 Å². The summed E-state index contributed by atoms with van der Waals surface area (Å²) in [5, 5.41) is 0. The minimum Gasteiger partial charge on any atom is -0.272 e. The van der Waals surface area contributed by atoms with Crippen molar-refractivity contribution in [2.75, 3.05) is 4.90 Å². The highest BCUT2D eigenvalue weighted by atomic mass is 19.4. The van der Waals surface area contributed by atoms with Crippen molar-refractivity contribution in [1.29, 1.82) is 0 Å². The minimum absolute atomic E-state index is 0.0455. The van der Waals surface area contributed by atoms with Crippen LogP contribution in [0.5, 0.6) is 0 Å². The van der Waals surface area contributed by atoms with Gasteiger partial charge in [-0.2, -0.15) is 52.7 Å². The highest BCUT2D eigenvalue weighted by molar-refractivity contribution is 6.34. The van der Waals surface area contributed by atoms with Crippen LogP contribution in [0.1, 0.15) is 104 Å². The van der Waals surface area contributed by atoms with E-state index in [2.05, 4.69) is 0 Å². The standard InChI is InChI=1S/C40H28F12N2O4/c1-18(2)53-31(55)25-11-7-20(14-27(25)33(53)57)36(39(47,48)49,40(50,51)52)21-8-12-26-28(15-21)34(58)54(32(26)56)22-9-13-24(30(17-22)38(44,45)46)23-10-6-19(35(3,4)5)16-29(23)37(41,42)43/h6-18H,1-5H3. The Bertz CT molecular complexity index is 2400. The lowest BCUT2D eigenvalue weighted by Gasteiger charge is -2.38. The zero-order valence-corrected chi connectivity index (χ0v) is 30.6. The first-order valence-electron chi connectivity index (χ1n) is 17.1. The van der Waals surface area contributed by atoms with Crippen LogP contribution in [0.3, 0.4) is 0 Å². The van der Waals surface area contributed by atoms with Crippen molar-refractivity contribution < 1.29 is 71.9 Å². The van der Waals surface area contributed by atoms with Gasteiger partial charge >= 0.3 is 24.7 Å². The Morgan fingerprint density at radius 2 is 0.828 bits per heavy atom. The molecule has 6 nitrogen and oxygen atoms in total. The number of hydrogen-bond acceptors (Lipinski definition) is 4. The Kier molecular flexibility index (Phi) is 9.53. The van der Waals surface area contributed by atoms with Gasteiger partial charge in [0.15, 0.2) is 0 Å². The lowest BCUT2D eigenvalue weighted by atomic mass is 9.71. The van der Waals surface area contributed by atoms with Crippen LogP contribution in [0.2, 0.25) is 0 Å². The SMILES string of the molecule is CC(C)N1C(=O)c2ccc(C(c3ccc4c(c3)C(=O)N(c3ccc(-c5ccc(C(C)(C)C)cc5C(F)(F)F)c(C(F)(F)F)c3)C4=O)(C(F)(F)F)C(F)(F)F)cc2C1=O. The van der Waals surface area contributed by atoms with Gasteiger partial charge in [0.25, 0.3) is 23.6 Å². The second-order valence-corrected chi connectivity index (χ2v) is 15.0. The molecule has 4 aromatic carbocycles. The van der Waals surface area contributed by atoms with Gasteiger partial charge in [-0.25, -0.2) is 4.90 Å².